The number of hydrogen-bond acceptors (Lipinski definition) is 22. The molecule has 2 N–H and O–H groups in total. The molecule has 0 aromatic heterocycles. The van der Waals surface area contributed by atoms with Crippen LogP contribution in [0.15, 0.2) is 218 Å². The number of halogens is 8. The van der Waals surface area contributed by atoms with Crippen molar-refractivity contribution in [2.24, 2.45) is 0 Å². The second-order valence-electron chi connectivity index (χ2n) is 27.1. The number of hydrogen-bond donors (Lipinski definition) is 2. The van der Waals surface area contributed by atoms with Gasteiger partial charge in [-0.3, -0.25) is 19.2 Å². The fourth-order valence-corrected chi connectivity index (χ4v) is 13.7. The number of ketones is 2. The van der Waals surface area contributed by atoms with Crippen LogP contribution in [-0.2, 0) is 62.5 Å². The van der Waals surface area contributed by atoms with E-state index in [0.29, 0.717) is 17.2 Å². The summed E-state index contributed by atoms with van der Waals surface area (Å²) in [6.45, 7) is 2.70. The molecule has 0 spiro atoms. The van der Waals surface area contributed by atoms with Crippen molar-refractivity contribution in [2.45, 2.75) is 59.8 Å². The number of Topliss-reactive ketones (excluding diaryl/α,β-unsaturated/α-hetero) is 2. The number of amides is 1. The zero-order valence-corrected chi connectivity index (χ0v) is 77.3. The van der Waals surface area contributed by atoms with E-state index in [2.05, 4.69) is 0 Å². The van der Waals surface area contributed by atoms with Gasteiger partial charge >= 0.3 is 11.9 Å². The molecule has 0 bridgehead atoms. The van der Waals surface area contributed by atoms with Gasteiger partial charge in [-0.2, -0.15) is 0 Å². The summed E-state index contributed by atoms with van der Waals surface area (Å²) in [5, 5.41) is 20.0. The van der Waals surface area contributed by atoms with Crippen LogP contribution in [0.25, 0.3) is 0 Å². The Balaban J connectivity index is 0.000000194. The van der Waals surface area contributed by atoms with Gasteiger partial charge in [-0.1, -0.05) is 190 Å². The van der Waals surface area contributed by atoms with Crippen LogP contribution in [0.5, 0.6) is 92.0 Å². The third kappa shape index (κ3) is 28.2. The van der Waals surface area contributed by atoms with Gasteiger partial charge in [0.25, 0.3) is 11.7 Å². The van der Waals surface area contributed by atoms with Gasteiger partial charge < -0.3 is 86.0 Å². The number of aliphatic carboxylic acids is 1. The first kappa shape index (κ1) is 100. The Kier molecular flexibility index (Phi) is 38.6. The number of aromatic carboxylic acids is 1. The molecule has 12 aromatic rings. The summed E-state index contributed by atoms with van der Waals surface area (Å²) in [5.74, 6) is 2.15. The van der Waals surface area contributed by atoms with Gasteiger partial charge in [0.2, 0.25) is 0 Å². The minimum absolute atomic E-state index is 0.0118. The van der Waals surface area contributed by atoms with Gasteiger partial charge in [0.05, 0.1) is 116 Å². The number of rotatable bonds is 38. The van der Waals surface area contributed by atoms with Gasteiger partial charge in [-0.15, -0.1) is 0 Å². The second-order valence-corrected chi connectivity index (χ2v) is 30.2. The number of ether oxygens (including phenoxy) is 16. The number of carboxylic acid groups (broad SMARTS) is 2. The Bertz CT molecular complexity index is 5610. The van der Waals surface area contributed by atoms with Crippen molar-refractivity contribution in [2.75, 3.05) is 71.0 Å². The Morgan fingerprint density at radius 1 is 0.264 bits per heavy atom. The summed E-state index contributed by atoms with van der Waals surface area (Å²) in [7, 11) is 15.6. The Morgan fingerprint density at radius 3 is 0.636 bits per heavy atom. The highest BCUT2D eigenvalue weighted by Crippen LogP contribution is 2.49. The molecule has 676 valence electrons. The smallest absolute Gasteiger partial charge is 0.377 e. The summed E-state index contributed by atoms with van der Waals surface area (Å²) >= 11 is 51.4. The minimum atomic E-state index is -1.67. The molecule has 129 heavy (non-hydrogen) atoms. The van der Waals surface area contributed by atoms with Crippen molar-refractivity contribution in [3.8, 4) is 92.0 Å². The van der Waals surface area contributed by atoms with E-state index in [9.17, 15) is 29.1 Å². The topological polar surface area (TPSA) is 286 Å². The van der Waals surface area contributed by atoms with Gasteiger partial charge in [-0.05, 0) is 173 Å². The van der Waals surface area contributed by atoms with Crippen molar-refractivity contribution in [3.63, 3.8) is 0 Å². The van der Waals surface area contributed by atoms with Gasteiger partial charge in [0.1, 0.15) is 104 Å². The number of carboxylic acids is 2. The molecule has 0 atom stereocenters. The van der Waals surface area contributed by atoms with Crippen LogP contribution in [0, 0.1) is 0 Å². The molecule has 0 radical (unpaired) electrons. The van der Waals surface area contributed by atoms with E-state index < -0.39 is 23.6 Å². The number of hydroxylamine groups is 2. The maximum Gasteiger partial charge on any atom is 0.377 e. The van der Waals surface area contributed by atoms with Crippen LogP contribution >= 0.6 is 92.8 Å². The van der Waals surface area contributed by atoms with Crippen LogP contribution < -0.4 is 75.8 Å². The Morgan fingerprint density at radius 2 is 0.442 bits per heavy atom. The predicted octanol–water partition coefficient (Wildman–Crippen LogP) is 23.5. The lowest BCUT2D eigenvalue weighted by Gasteiger charge is -2.20. The average molecular weight is 1920 g/mol. The highest BCUT2D eigenvalue weighted by molar-refractivity contribution is 6.47. The molecule has 1 amide bonds. The number of carbonyl (C=O) groups is 5. The monoisotopic (exact) mass is 1920 g/mol. The van der Waals surface area contributed by atoms with E-state index in [4.69, 9.17) is 179 Å². The molecular weight excluding hydrogens is 1830 g/mol. The summed E-state index contributed by atoms with van der Waals surface area (Å²) in [6, 6.07) is 63.8. The van der Waals surface area contributed by atoms with Crippen molar-refractivity contribution >= 4 is 122 Å². The quantitative estimate of drug-likeness (QED) is 0.0206. The van der Waals surface area contributed by atoms with Crippen LogP contribution in [-0.4, -0.2) is 116 Å². The van der Waals surface area contributed by atoms with Crippen LogP contribution in [0.1, 0.15) is 92.9 Å². The summed E-state index contributed by atoms with van der Waals surface area (Å²) < 4.78 is 88.7. The van der Waals surface area contributed by atoms with Crippen LogP contribution in [0.3, 0.4) is 0 Å². The SMILES string of the molecule is COc1ccc(COc2c(Cl)cc(C(=O)C(=O)O)c(Cl)c2OCc2ccc(OC)cc2)cc1.COc1ccc(COc2c(Cl)cc(C(=O)N(C)OC)c(Cl)c2OCc2ccc(OC)cc2)cc1.COc1ccc(COc2c(Cl)cc(C(=O)O)c(Cl)c2OCc2ccc(OC)cc2)cc1.COc1ccc(COc2c(Cl)cc(C(C)=O)c(Cl)c2OCc2ccc(OC)cc2)cc1. The fourth-order valence-electron chi connectivity index (χ4n) is 11.5. The number of nitrogens with zero attached hydrogens (tertiary/aromatic N) is 1. The maximum absolute atomic E-state index is 12.7. The van der Waals surface area contributed by atoms with E-state index >= 15 is 0 Å². The molecule has 0 heterocycles. The van der Waals surface area contributed by atoms with Crippen molar-refractivity contribution < 1.29 is 115 Å². The maximum atomic E-state index is 12.7. The molecule has 0 unspecified atom stereocenters. The average Bonchev–Trinajstić information content (AvgIpc) is 0.762. The number of benzene rings is 12. The van der Waals surface area contributed by atoms with Crippen molar-refractivity contribution in [1.82, 2.24) is 5.06 Å². The van der Waals surface area contributed by atoms with E-state index in [1.165, 1.54) is 39.3 Å². The highest BCUT2D eigenvalue weighted by Gasteiger charge is 2.30. The molecule has 12 rings (SSSR count). The van der Waals surface area contributed by atoms with Crippen LogP contribution in [0.4, 0.5) is 0 Å². The lowest BCUT2D eigenvalue weighted by molar-refractivity contribution is -0.131. The summed E-state index contributed by atoms with van der Waals surface area (Å²) in [6.07, 6.45) is 0. The van der Waals surface area contributed by atoms with Gasteiger partial charge in [-0.25, -0.2) is 14.7 Å². The van der Waals surface area contributed by atoms with Gasteiger partial charge in [0, 0.05) is 12.6 Å². The molecule has 0 fully saturated rings. The van der Waals surface area contributed by atoms with Crippen molar-refractivity contribution in [3.05, 3.63) is 325 Å². The molecule has 0 aliphatic rings. The standard InChI is InChI=1S/C25H25Cl2NO6.C24H20Cl2O7.C24H22Cl2O5.C23H20Cl2O6/c1-28(32-4)25(29)20-13-21(26)23(33-14-16-5-9-18(30-2)10-6-16)24(22(20)27)34-15-17-7-11-19(31-3)12-8-17;1-30-16-7-3-14(4-8-16)12-32-22-19(25)11-18(21(27)24(28)29)20(26)23(22)33-13-15-5-9-17(31-2)10-6-15;1-15(27)20-12-21(25)23(30-13-16-4-8-18(28-2)9-5-16)24(22(20)26)31-14-17-6-10-19(29-3)11-7-17;1-28-16-7-3-14(4-8-16)12-30-21-19(24)11-18(23(26)27)20(25)22(21)31-13-15-5-9-17(29-2)10-6-15/h5-13H,14-15H2,1-4H3;3-11H,12-13H2,1-2H3,(H,28,29);4-12H,13-14H2,1-3H3;3-11H,12-13H2,1-2H3,(H,26,27). The third-order valence-electron chi connectivity index (χ3n) is 18.7. The zero-order chi connectivity index (χ0) is 93.4. The van der Waals surface area contributed by atoms with E-state index in [0.717, 1.165) is 84.4 Å². The lowest BCUT2D eigenvalue weighted by Crippen LogP contribution is -2.25. The Hall–Kier alpha value is -12.5. The predicted molar refractivity (Wildman–Crippen MR) is 492 cm³/mol. The second kappa shape index (κ2) is 49.7. The number of carbonyl (C=O) groups excluding carboxylic acids is 3. The van der Waals surface area contributed by atoms with Crippen LogP contribution in [0.2, 0.25) is 40.2 Å². The molecule has 0 aliphatic heterocycles. The summed E-state index contributed by atoms with van der Waals surface area (Å²) in [5.41, 5.74) is 6.75. The first-order valence-corrected chi connectivity index (χ1v) is 41.6. The lowest BCUT2D eigenvalue weighted by atomic mass is 10.1. The minimum Gasteiger partial charge on any atom is -0.497 e. The highest BCUT2D eigenvalue weighted by atomic mass is 35.5. The molecular formula is C96H87Cl8NO24. The first-order valence-electron chi connectivity index (χ1n) is 38.5. The van der Waals surface area contributed by atoms with E-state index in [1.807, 2.05) is 146 Å². The molecule has 12 aromatic carbocycles. The first-order chi connectivity index (χ1) is 62.0. The zero-order valence-electron chi connectivity index (χ0n) is 71.3. The Labute approximate surface area is 784 Å². The van der Waals surface area contributed by atoms with E-state index in [-0.39, 0.29) is 167 Å². The molecule has 0 aliphatic carbocycles. The number of methoxy groups -OCH3 is 8. The summed E-state index contributed by atoms with van der Waals surface area (Å²) in [4.78, 5) is 64.6. The molecule has 33 heteroatoms. The van der Waals surface area contributed by atoms with Crippen molar-refractivity contribution in [1.29, 1.82) is 0 Å². The fraction of sp³-hybridized carbons (Fsp3) is 0.198. The third-order valence-corrected chi connectivity index (χ3v) is 21.3. The molecule has 25 nitrogen and oxygen atoms in total. The molecule has 0 saturated heterocycles. The molecule has 0 saturated carbocycles. The van der Waals surface area contributed by atoms with E-state index in [1.54, 1.807) is 105 Å². The largest absolute Gasteiger partial charge is 0.497 e. The van der Waals surface area contributed by atoms with Gasteiger partial charge in [0.15, 0.2) is 51.8 Å². The normalized spacial score (nSPS) is 10.5.